The fourth-order valence-corrected chi connectivity index (χ4v) is 12.9. The zero-order valence-electron chi connectivity index (χ0n) is 38.5. The lowest BCUT2D eigenvalue weighted by atomic mass is 9.12. The van der Waals surface area contributed by atoms with Crippen molar-refractivity contribution in [3.63, 3.8) is 0 Å². The number of rotatable bonds is 11. The Bertz CT molecular complexity index is 3340. The molecule has 0 atom stereocenters. The fourth-order valence-electron chi connectivity index (χ4n) is 8.49. The van der Waals surface area contributed by atoms with E-state index in [-0.39, 0.29) is 10.9 Å². The Hall–Kier alpha value is -7.45. The third kappa shape index (κ3) is 9.39. The van der Waals surface area contributed by atoms with Gasteiger partial charge in [-0.3, -0.25) is 0 Å². The van der Waals surface area contributed by atoms with Crippen LogP contribution in [0.2, 0.25) is 0 Å². The molecule has 0 aliphatic heterocycles. The van der Waals surface area contributed by atoms with Gasteiger partial charge in [0.15, 0.2) is 79.6 Å². The van der Waals surface area contributed by atoms with Gasteiger partial charge in [-0.2, -0.15) is 0 Å². The number of ether oxygens (including phenoxy) is 2. The molecule has 0 aliphatic rings. The van der Waals surface area contributed by atoms with Crippen molar-refractivity contribution in [3.8, 4) is 32.4 Å². The number of methoxy groups -OCH3 is 2. The predicted molar refractivity (Wildman–Crippen MR) is 250 cm³/mol. The van der Waals surface area contributed by atoms with Crippen LogP contribution in [0.4, 0.5) is 87.8 Å². The van der Waals surface area contributed by atoms with Crippen molar-refractivity contribution in [1.82, 2.24) is 0 Å². The molecule has 0 bridgehead atoms. The lowest BCUT2D eigenvalue weighted by Gasteiger charge is -2.44. The molecule has 0 aliphatic carbocycles. The Balaban J connectivity index is 0.000000215. The minimum atomic E-state index is -7.22. The van der Waals surface area contributed by atoms with Gasteiger partial charge in [0.2, 0.25) is 4.21 Å². The zero-order valence-corrected chi connectivity index (χ0v) is 40.9. The van der Waals surface area contributed by atoms with Crippen LogP contribution < -0.4 is 31.3 Å². The van der Waals surface area contributed by atoms with Crippen LogP contribution in [0.5, 0.6) is 11.5 Å². The van der Waals surface area contributed by atoms with Gasteiger partial charge in [0, 0.05) is 15.8 Å². The molecule has 404 valence electrons. The van der Waals surface area contributed by atoms with Crippen LogP contribution in [-0.2, 0) is 10.9 Å². The first-order valence-corrected chi connectivity index (χ1v) is 24.4. The number of halogens is 20. The van der Waals surface area contributed by atoms with Gasteiger partial charge in [0.1, 0.15) is 75.1 Å². The van der Waals surface area contributed by atoms with E-state index in [9.17, 15) is 52.7 Å². The molecule has 78 heavy (non-hydrogen) atoms. The maximum absolute atomic E-state index is 15.4. The van der Waals surface area contributed by atoms with Gasteiger partial charge in [-0.25, -0.2) is 87.8 Å². The van der Waals surface area contributed by atoms with Crippen LogP contribution in [0.15, 0.2) is 116 Å². The Morgan fingerprint density at radius 1 is 0.321 bits per heavy atom. The molecule has 0 unspecified atom stereocenters. The number of thiophene rings is 2. The Labute approximate surface area is 436 Å². The molecular weight excluding hydrogens is 1140 g/mol. The zero-order chi connectivity index (χ0) is 57.0. The predicted octanol–water partition coefficient (Wildman–Crippen LogP) is 14.1. The largest absolute Gasteiger partial charge is 0.497 e. The third-order valence-corrected chi connectivity index (χ3v) is 16.7. The summed E-state index contributed by atoms with van der Waals surface area (Å²) in [6.07, 6.45) is -7.22. The Morgan fingerprint density at radius 3 is 0.872 bits per heavy atom. The minimum absolute atomic E-state index is 0.208. The van der Waals surface area contributed by atoms with Crippen molar-refractivity contribution in [2.45, 2.75) is 14.0 Å². The molecule has 0 spiro atoms. The minimum Gasteiger partial charge on any atom is -0.497 e. The van der Waals surface area contributed by atoms with Crippen LogP contribution in [-0.4, -0.2) is 20.4 Å². The molecule has 0 fully saturated rings. The van der Waals surface area contributed by atoms with Gasteiger partial charge >= 0.3 is 0 Å². The highest BCUT2D eigenvalue weighted by Crippen LogP contribution is 2.41. The maximum Gasteiger partial charge on any atom is 0.220 e. The summed E-state index contributed by atoms with van der Waals surface area (Å²) >= 11 is 3.63. The van der Waals surface area contributed by atoms with Crippen molar-refractivity contribution >= 4 is 61.6 Å². The maximum atomic E-state index is 15.4. The lowest BCUT2D eigenvalue weighted by molar-refractivity contribution is 0.378. The average molecular weight is 1170 g/mol. The van der Waals surface area contributed by atoms with Gasteiger partial charge in [-0.05, 0) is 77.2 Å². The normalized spacial score (nSPS) is 11.6. The van der Waals surface area contributed by atoms with Gasteiger partial charge in [0.05, 0.1) is 14.2 Å². The van der Waals surface area contributed by atoms with Crippen molar-refractivity contribution in [3.05, 3.63) is 219 Å². The molecule has 26 heteroatoms. The van der Waals surface area contributed by atoms with Crippen molar-refractivity contribution in [2.75, 3.05) is 14.2 Å². The average Bonchev–Trinajstić information content (AvgIpc) is 3.19. The molecule has 7 aromatic carbocycles. The summed E-state index contributed by atoms with van der Waals surface area (Å²) in [6.45, 7) is 0. The molecule has 0 radical (unpaired) electrons. The first-order valence-electron chi connectivity index (χ1n) is 21.4. The second-order valence-electron chi connectivity index (χ2n) is 16.1. The third-order valence-electron chi connectivity index (χ3n) is 12.1. The van der Waals surface area contributed by atoms with Crippen LogP contribution >= 0.6 is 22.7 Å². The first-order chi connectivity index (χ1) is 36.9. The first kappa shape index (κ1) is 56.7. The van der Waals surface area contributed by atoms with E-state index in [1.165, 1.54) is 34.9 Å². The van der Waals surface area contributed by atoms with Gasteiger partial charge < -0.3 is 9.47 Å². The molecule has 9 rings (SSSR count). The van der Waals surface area contributed by atoms with Gasteiger partial charge in [-0.1, -0.05) is 41.7 Å². The highest BCUT2D eigenvalue weighted by Gasteiger charge is 2.52. The molecular formula is C52H23BF20O2S3. The number of hydrogen-bond acceptors (Lipinski definition) is 4. The smallest absolute Gasteiger partial charge is 0.220 e. The van der Waals surface area contributed by atoms with E-state index < -0.39 is 144 Å². The summed E-state index contributed by atoms with van der Waals surface area (Å²) in [5, 5.41) is 2.12. The Morgan fingerprint density at radius 2 is 0.603 bits per heavy atom. The van der Waals surface area contributed by atoms with E-state index in [2.05, 4.69) is 78.2 Å². The monoisotopic (exact) mass is 1170 g/mol. The summed E-state index contributed by atoms with van der Waals surface area (Å²) < 4.78 is 306. The van der Waals surface area contributed by atoms with Crippen molar-refractivity contribution in [1.29, 1.82) is 0 Å². The molecule has 2 aromatic heterocycles. The van der Waals surface area contributed by atoms with E-state index >= 15 is 35.1 Å². The van der Waals surface area contributed by atoms with Crippen molar-refractivity contribution < 1.29 is 97.3 Å². The molecule has 2 heterocycles. The summed E-state index contributed by atoms with van der Waals surface area (Å²) in [4.78, 5) is 5.11. The standard InChI is InChI=1S/C28H23O2S3.C24BF20/c1-29-22-9-13-24(14-10-22)33(25-15-11-23(30-2)12-16-25)28-18-17-27(32-28)21-7-5-20(6-8-21)26-4-3-19-31-26;26-5-1(6(27)14(35)21(42)13(5)34)25(2-7(28)15(36)22(43)16(37)8(2)29,3-9(30)17(38)23(44)18(39)10(3)31)4-11(32)19(40)24(45)20(41)12(4)33/h3-19H,1-2H3;/q+1;-1. The van der Waals surface area contributed by atoms with Gasteiger partial charge in [-0.15, -0.1) is 33.2 Å². The quantitative estimate of drug-likeness (QED) is 0.0422. The van der Waals surface area contributed by atoms with E-state index in [4.69, 9.17) is 9.47 Å². The summed E-state index contributed by atoms with van der Waals surface area (Å²) in [5.74, 6) is -69.7. The number of hydrogen-bond donors (Lipinski definition) is 0. The summed E-state index contributed by atoms with van der Waals surface area (Å²) in [7, 11) is 3.20. The highest BCUT2D eigenvalue weighted by atomic mass is 32.2. The molecule has 0 saturated heterocycles. The van der Waals surface area contributed by atoms with Crippen LogP contribution in [0.3, 0.4) is 0 Å². The summed E-state index contributed by atoms with van der Waals surface area (Å²) in [6, 6.07) is 34.5. The van der Waals surface area contributed by atoms with Crippen LogP contribution in [0.25, 0.3) is 20.9 Å². The Kier molecular flexibility index (Phi) is 16.1. The van der Waals surface area contributed by atoms with Crippen LogP contribution in [0.1, 0.15) is 0 Å². The molecule has 2 nitrogen and oxygen atoms in total. The van der Waals surface area contributed by atoms with E-state index in [0.717, 1.165) is 11.5 Å². The van der Waals surface area contributed by atoms with E-state index in [1.807, 2.05) is 35.6 Å². The highest BCUT2D eigenvalue weighted by molar-refractivity contribution is 7.99. The second kappa shape index (κ2) is 22.1. The fraction of sp³-hybridized carbons (Fsp3) is 0.0385. The van der Waals surface area contributed by atoms with E-state index in [1.54, 1.807) is 25.6 Å². The van der Waals surface area contributed by atoms with Crippen LogP contribution in [0, 0.1) is 116 Å². The number of benzene rings is 7. The molecule has 9 aromatic rings. The molecule has 0 N–H and O–H groups in total. The lowest BCUT2D eigenvalue weighted by Crippen LogP contribution is -2.81. The second-order valence-corrected chi connectivity index (χ2v) is 20.4. The van der Waals surface area contributed by atoms with E-state index in [0.29, 0.717) is 0 Å². The summed E-state index contributed by atoms with van der Waals surface area (Å²) in [5.41, 5.74) is -11.8. The SMILES string of the molecule is COc1ccc([S+](c2ccc(OC)cc2)c2ccc(-c3ccc(-c4cccs4)cc3)s2)cc1.Fc1c(F)c(F)c([B-](c2c(F)c(F)c(F)c(F)c2F)(c2c(F)c(F)c(F)c(F)c2F)c2c(F)c(F)c(F)c(F)c2F)c(F)c1F. The van der Waals surface area contributed by atoms with Crippen molar-refractivity contribution in [2.24, 2.45) is 0 Å². The van der Waals surface area contributed by atoms with Gasteiger partial charge in [0.25, 0.3) is 0 Å². The molecule has 0 saturated carbocycles. The molecule has 0 amide bonds. The topological polar surface area (TPSA) is 18.5 Å².